The van der Waals surface area contributed by atoms with Crippen molar-refractivity contribution in [1.82, 2.24) is 4.00 Å². The Hall–Kier alpha value is 0.711. The average Bonchev–Trinajstić information content (AvgIpc) is 1.91. The largest absolute Gasteiger partial charge is 0.275 e. The first-order valence-electron chi connectivity index (χ1n) is 7.29. The highest BCUT2D eigenvalue weighted by atomic mass is 31.1. The molecule has 6 heteroatoms. The molecule has 0 heterocycles. The summed E-state index contributed by atoms with van der Waals surface area (Å²) < 4.78 is 8.35. The van der Waals surface area contributed by atoms with Crippen molar-refractivity contribution in [2.45, 2.75) is 84.9 Å². The van der Waals surface area contributed by atoms with Gasteiger partial charge in [0.05, 0.1) is 0 Å². The van der Waals surface area contributed by atoms with E-state index in [1.54, 1.807) is 0 Å². The van der Waals surface area contributed by atoms with Gasteiger partial charge in [0, 0.05) is 0 Å². The molecule has 0 amide bonds. The van der Waals surface area contributed by atoms with E-state index in [4.69, 9.17) is 4.41 Å². The Balaban J connectivity index is 6.04. The molecule has 0 aliphatic heterocycles. The second-order valence-electron chi connectivity index (χ2n) is 9.38. The molecule has 0 aromatic carbocycles. The zero-order chi connectivity index (χ0) is 15.9. The maximum atomic E-state index is 5.41. The highest BCUT2D eigenvalue weighted by Crippen LogP contribution is 2.51. The van der Waals surface area contributed by atoms with Crippen LogP contribution in [0.1, 0.15) is 20.8 Å². The van der Waals surface area contributed by atoms with E-state index in [1.165, 1.54) is 0 Å². The maximum Gasteiger partial charge on any atom is 0.275 e. The Morgan fingerprint density at radius 2 is 1.05 bits per heavy atom. The van der Waals surface area contributed by atoms with Crippen LogP contribution in [-0.2, 0) is 0 Å². The summed E-state index contributed by atoms with van der Waals surface area (Å²) in [6, 6.07) is 0. The summed E-state index contributed by atoms with van der Waals surface area (Å²) in [5.41, 5.74) is 0. The molecule has 0 saturated heterocycles. The minimum absolute atomic E-state index is 0.288. The zero-order valence-electron chi connectivity index (χ0n) is 15.3. The van der Waals surface area contributed by atoms with Crippen LogP contribution in [0.2, 0.25) is 58.9 Å². The lowest BCUT2D eigenvalue weighted by Crippen LogP contribution is -2.56. The van der Waals surface area contributed by atoms with Crippen LogP contribution in [0.5, 0.6) is 0 Å². The quantitative estimate of drug-likeness (QED) is 0.443. The normalized spacial score (nSPS) is 16.2. The van der Waals surface area contributed by atoms with Gasteiger partial charge in [-0.25, -0.2) is 0 Å². The summed E-state index contributed by atoms with van der Waals surface area (Å²) in [6.07, 6.45) is 0. The van der Waals surface area contributed by atoms with E-state index < -0.39 is 24.7 Å². The zero-order valence-corrected chi connectivity index (χ0v) is 19.2. The molecule has 0 aromatic heterocycles. The monoisotopic (exact) mass is 335 g/mol. The fourth-order valence-electron chi connectivity index (χ4n) is 2.35. The smallest absolute Gasteiger partial charge is 0.169 e. The summed E-state index contributed by atoms with van der Waals surface area (Å²) >= 11 is 0. The molecule has 0 spiro atoms. The first-order valence-corrected chi connectivity index (χ1v) is 18.9. The van der Waals surface area contributed by atoms with Crippen LogP contribution in [0.25, 0.3) is 0 Å². The van der Waals surface area contributed by atoms with Crippen molar-refractivity contribution < 1.29 is 0 Å². The van der Waals surface area contributed by atoms with Gasteiger partial charge in [0.25, 0.3) is 7.86 Å². The molecule has 2 nitrogen and oxygen atoms in total. The minimum Gasteiger partial charge on any atom is -0.169 e. The first-order chi connectivity index (χ1) is 7.96. The molecule has 0 rings (SSSR count). The van der Waals surface area contributed by atoms with Crippen molar-refractivity contribution in [3.63, 3.8) is 0 Å². The Kier molecular flexibility index (Phi) is 6.05. The summed E-state index contributed by atoms with van der Waals surface area (Å²) in [5, 5.41) is 0.288. The van der Waals surface area contributed by atoms with Gasteiger partial charge in [0.1, 0.15) is 0 Å². The Labute approximate surface area is 126 Å². The highest BCUT2D eigenvalue weighted by Gasteiger charge is 2.51. The van der Waals surface area contributed by atoms with E-state index in [-0.39, 0.29) is 13.0 Å². The third-order valence-corrected chi connectivity index (χ3v) is 18.5. The standard InChI is InChI=1S/C13H36N2PSi3/c1-13(2,3)16(14-17(4,5)6)15(18(7,8)9)19(10,11)12/h1-12H3/q+1. The van der Waals surface area contributed by atoms with E-state index in [2.05, 4.69) is 83.7 Å². The third-order valence-electron chi connectivity index (χ3n) is 2.45. The molecule has 0 fully saturated rings. The molecule has 1 unspecified atom stereocenters. The topological polar surface area (TPSA) is 15.6 Å². The van der Waals surface area contributed by atoms with E-state index in [0.717, 1.165) is 0 Å². The molecule has 0 aliphatic carbocycles. The predicted octanol–water partition coefficient (Wildman–Crippen LogP) is 6.17. The van der Waals surface area contributed by atoms with Gasteiger partial charge in [-0.05, 0) is 40.4 Å². The van der Waals surface area contributed by atoms with Gasteiger partial charge in [-0.1, -0.05) is 39.3 Å². The van der Waals surface area contributed by atoms with Gasteiger partial charge >= 0.3 is 0 Å². The molecule has 1 atom stereocenters. The molecule has 0 aliphatic rings. The lowest BCUT2D eigenvalue weighted by molar-refractivity contribution is 0.755. The first kappa shape index (κ1) is 19.7. The second-order valence-corrected chi connectivity index (χ2v) is 27.6. The predicted molar refractivity (Wildman–Crippen MR) is 101 cm³/mol. The van der Waals surface area contributed by atoms with Crippen LogP contribution >= 0.6 is 7.86 Å². The average molecular weight is 336 g/mol. The molecule has 114 valence electrons. The molecule has 0 saturated carbocycles. The molecule has 0 bridgehead atoms. The van der Waals surface area contributed by atoms with Gasteiger partial charge in [-0.15, -0.1) is 4.41 Å². The van der Waals surface area contributed by atoms with Crippen LogP contribution in [0.3, 0.4) is 0 Å². The van der Waals surface area contributed by atoms with Gasteiger partial charge in [0.2, 0.25) is 8.24 Å². The number of rotatable bonds is 4. The lowest BCUT2D eigenvalue weighted by atomic mass is 10.3. The number of hydrogen-bond donors (Lipinski definition) is 0. The fourth-order valence-corrected chi connectivity index (χ4v) is 22.0. The highest BCUT2D eigenvalue weighted by molar-refractivity contribution is 7.53. The van der Waals surface area contributed by atoms with Crippen molar-refractivity contribution >= 4 is 32.6 Å². The molecule has 0 radical (unpaired) electrons. The van der Waals surface area contributed by atoms with E-state index in [1.807, 2.05) is 0 Å². The summed E-state index contributed by atoms with van der Waals surface area (Å²) in [5.74, 6) is 0. The van der Waals surface area contributed by atoms with Crippen molar-refractivity contribution in [3.8, 4) is 0 Å². The van der Waals surface area contributed by atoms with Crippen molar-refractivity contribution in [2.24, 2.45) is 4.41 Å². The number of hydrogen-bond acceptors (Lipinski definition) is 1. The van der Waals surface area contributed by atoms with Gasteiger partial charge < -0.3 is 0 Å². The maximum absolute atomic E-state index is 5.41. The van der Waals surface area contributed by atoms with E-state index in [9.17, 15) is 0 Å². The summed E-state index contributed by atoms with van der Waals surface area (Å²) in [7, 11) is -4.46. The summed E-state index contributed by atoms with van der Waals surface area (Å²) in [4.78, 5) is 0. The third kappa shape index (κ3) is 6.80. The van der Waals surface area contributed by atoms with Crippen molar-refractivity contribution in [2.75, 3.05) is 0 Å². The fraction of sp³-hybridized carbons (Fsp3) is 1.00. The number of nitrogens with zero attached hydrogens (tertiary/aromatic N) is 2. The van der Waals surface area contributed by atoms with Crippen LogP contribution in [0, 0.1) is 0 Å². The molecular formula is C13H36N2PSi3+. The van der Waals surface area contributed by atoms with E-state index >= 15 is 0 Å². The lowest BCUT2D eigenvalue weighted by Gasteiger charge is -2.39. The van der Waals surface area contributed by atoms with Crippen LogP contribution in [-0.4, -0.2) is 33.9 Å². The Morgan fingerprint density at radius 3 is 1.21 bits per heavy atom. The van der Waals surface area contributed by atoms with Crippen LogP contribution in [0.15, 0.2) is 4.41 Å². The SMILES string of the molecule is CC(C)(C)/[P+](=N\[Si](C)(C)C)N([Si](C)(C)C)[Si](C)(C)C. The van der Waals surface area contributed by atoms with Crippen LogP contribution < -0.4 is 0 Å². The molecule has 0 N–H and O–H groups in total. The molecule has 19 heavy (non-hydrogen) atoms. The van der Waals surface area contributed by atoms with Crippen molar-refractivity contribution in [1.29, 1.82) is 0 Å². The Morgan fingerprint density at radius 1 is 0.737 bits per heavy atom. The van der Waals surface area contributed by atoms with Gasteiger partial charge in [-0.3, -0.25) is 0 Å². The van der Waals surface area contributed by atoms with Gasteiger partial charge in [0.15, 0.2) is 21.6 Å². The van der Waals surface area contributed by atoms with E-state index in [0.29, 0.717) is 0 Å². The van der Waals surface area contributed by atoms with Crippen molar-refractivity contribution in [3.05, 3.63) is 0 Å². The minimum atomic E-state index is -1.39. The molecule has 0 aromatic rings. The Bertz CT molecular complexity index is 327. The van der Waals surface area contributed by atoms with Gasteiger partial charge in [-0.2, -0.15) is 4.00 Å². The molecular weight excluding hydrogens is 299 g/mol. The second kappa shape index (κ2) is 5.84. The summed E-state index contributed by atoms with van der Waals surface area (Å²) in [6.45, 7) is 29.2. The van der Waals surface area contributed by atoms with Crippen LogP contribution in [0.4, 0.5) is 0 Å².